The standard InChI is InChI=1S/C18H25NO/c1-12-9-10-15-17(11-12)19(13(2)20)16-8-6-5-7-14(16)18(15,3)4/h5-8,12,15,17H,9-11H2,1-4H3/t12-,15+,17+/m1/s1. The van der Waals surface area contributed by atoms with Gasteiger partial charge in [-0.2, -0.15) is 0 Å². The van der Waals surface area contributed by atoms with E-state index in [-0.39, 0.29) is 11.3 Å². The van der Waals surface area contributed by atoms with E-state index in [2.05, 4.69) is 49.9 Å². The van der Waals surface area contributed by atoms with E-state index >= 15 is 0 Å². The molecule has 1 amide bonds. The van der Waals surface area contributed by atoms with E-state index in [0.29, 0.717) is 12.0 Å². The Hall–Kier alpha value is -1.31. The van der Waals surface area contributed by atoms with E-state index in [1.54, 1.807) is 6.92 Å². The Bertz CT molecular complexity index is 534. The first kappa shape index (κ1) is 13.7. The van der Waals surface area contributed by atoms with Gasteiger partial charge in [-0.3, -0.25) is 4.79 Å². The zero-order valence-electron chi connectivity index (χ0n) is 13.0. The van der Waals surface area contributed by atoms with Crippen molar-refractivity contribution in [1.82, 2.24) is 0 Å². The van der Waals surface area contributed by atoms with Gasteiger partial charge in [0.25, 0.3) is 0 Å². The first-order valence-electron chi connectivity index (χ1n) is 7.82. The van der Waals surface area contributed by atoms with Gasteiger partial charge in [0, 0.05) is 18.7 Å². The summed E-state index contributed by atoms with van der Waals surface area (Å²) in [6.45, 7) is 8.75. The summed E-state index contributed by atoms with van der Waals surface area (Å²) in [4.78, 5) is 14.3. The fourth-order valence-electron chi connectivity index (χ4n) is 4.49. The molecule has 0 bridgehead atoms. The van der Waals surface area contributed by atoms with Crippen molar-refractivity contribution in [2.45, 2.75) is 58.4 Å². The molecule has 20 heavy (non-hydrogen) atoms. The highest BCUT2D eigenvalue weighted by atomic mass is 16.2. The van der Waals surface area contributed by atoms with Crippen LogP contribution in [-0.4, -0.2) is 11.9 Å². The quantitative estimate of drug-likeness (QED) is 0.694. The number of anilines is 1. The number of nitrogens with zero attached hydrogens (tertiary/aromatic N) is 1. The number of carbonyl (C=O) groups excluding carboxylic acids is 1. The van der Waals surface area contributed by atoms with Crippen LogP contribution in [0, 0.1) is 11.8 Å². The van der Waals surface area contributed by atoms with Crippen LogP contribution in [0.5, 0.6) is 0 Å². The molecular weight excluding hydrogens is 246 g/mol. The molecule has 1 heterocycles. The van der Waals surface area contributed by atoms with Crippen LogP contribution >= 0.6 is 0 Å². The van der Waals surface area contributed by atoms with Gasteiger partial charge in [0.1, 0.15) is 0 Å². The maximum Gasteiger partial charge on any atom is 0.224 e. The molecular formula is C18H25NO. The summed E-state index contributed by atoms with van der Waals surface area (Å²) < 4.78 is 0. The second-order valence-corrected chi connectivity index (χ2v) is 7.22. The average Bonchev–Trinajstić information content (AvgIpc) is 2.38. The molecule has 1 aliphatic carbocycles. The first-order chi connectivity index (χ1) is 9.43. The smallest absolute Gasteiger partial charge is 0.224 e. The van der Waals surface area contributed by atoms with Crippen LogP contribution in [0.15, 0.2) is 24.3 Å². The summed E-state index contributed by atoms with van der Waals surface area (Å²) in [6, 6.07) is 8.86. The minimum Gasteiger partial charge on any atom is -0.309 e. The van der Waals surface area contributed by atoms with Crippen molar-refractivity contribution in [3.05, 3.63) is 29.8 Å². The Labute approximate surface area is 122 Å². The van der Waals surface area contributed by atoms with Crippen LogP contribution in [0.2, 0.25) is 0 Å². The molecule has 3 atom stereocenters. The Morgan fingerprint density at radius 2 is 1.95 bits per heavy atom. The zero-order valence-corrected chi connectivity index (χ0v) is 13.0. The number of hydrogen-bond donors (Lipinski definition) is 0. The Morgan fingerprint density at radius 1 is 1.25 bits per heavy atom. The molecule has 0 spiro atoms. The van der Waals surface area contributed by atoms with E-state index in [9.17, 15) is 4.79 Å². The van der Waals surface area contributed by atoms with E-state index in [4.69, 9.17) is 0 Å². The van der Waals surface area contributed by atoms with Crippen LogP contribution < -0.4 is 4.90 Å². The molecule has 2 nitrogen and oxygen atoms in total. The number of benzene rings is 1. The summed E-state index contributed by atoms with van der Waals surface area (Å²) in [6.07, 6.45) is 3.66. The lowest BCUT2D eigenvalue weighted by Crippen LogP contribution is -2.56. The molecule has 1 aliphatic heterocycles. The van der Waals surface area contributed by atoms with Gasteiger partial charge in [0.2, 0.25) is 5.91 Å². The Morgan fingerprint density at radius 3 is 2.65 bits per heavy atom. The minimum atomic E-state index is 0.160. The monoisotopic (exact) mass is 271 g/mol. The van der Waals surface area contributed by atoms with Gasteiger partial charge in [-0.25, -0.2) is 0 Å². The van der Waals surface area contributed by atoms with Crippen molar-refractivity contribution in [1.29, 1.82) is 0 Å². The van der Waals surface area contributed by atoms with Crippen LogP contribution in [0.3, 0.4) is 0 Å². The molecule has 0 radical (unpaired) electrons. The molecule has 108 valence electrons. The highest BCUT2D eigenvalue weighted by Crippen LogP contribution is 2.51. The highest BCUT2D eigenvalue weighted by molar-refractivity contribution is 5.94. The molecule has 1 aromatic rings. The molecule has 2 heteroatoms. The third-order valence-electron chi connectivity index (χ3n) is 5.53. The van der Waals surface area contributed by atoms with Gasteiger partial charge in [0.15, 0.2) is 0 Å². The Kier molecular flexibility index (Phi) is 3.15. The zero-order chi connectivity index (χ0) is 14.5. The normalized spacial score (nSPS) is 31.4. The van der Waals surface area contributed by atoms with Crippen molar-refractivity contribution in [3.63, 3.8) is 0 Å². The maximum absolute atomic E-state index is 12.3. The summed E-state index contributed by atoms with van der Waals surface area (Å²) in [5.74, 6) is 1.49. The molecule has 2 aliphatic rings. The number of carbonyl (C=O) groups is 1. The lowest BCUT2D eigenvalue weighted by Gasteiger charge is -2.53. The van der Waals surface area contributed by atoms with Crippen molar-refractivity contribution < 1.29 is 4.79 Å². The number of para-hydroxylation sites is 1. The van der Waals surface area contributed by atoms with Gasteiger partial charge >= 0.3 is 0 Å². The summed E-state index contributed by atoms with van der Waals surface area (Å²) in [7, 11) is 0. The number of hydrogen-bond acceptors (Lipinski definition) is 1. The van der Waals surface area contributed by atoms with Crippen LogP contribution in [0.25, 0.3) is 0 Å². The molecule has 3 rings (SSSR count). The van der Waals surface area contributed by atoms with Gasteiger partial charge in [-0.05, 0) is 41.7 Å². The second kappa shape index (κ2) is 4.61. The van der Waals surface area contributed by atoms with Crippen molar-refractivity contribution in [2.75, 3.05) is 4.90 Å². The molecule has 1 aromatic carbocycles. The lowest BCUT2D eigenvalue weighted by molar-refractivity contribution is -0.117. The molecule has 0 unspecified atom stereocenters. The van der Waals surface area contributed by atoms with Crippen molar-refractivity contribution in [2.24, 2.45) is 11.8 Å². The number of amides is 1. The Balaban J connectivity index is 2.16. The summed E-state index contributed by atoms with van der Waals surface area (Å²) in [5.41, 5.74) is 2.64. The van der Waals surface area contributed by atoms with Crippen molar-refractivity contribution in [3.8, 4) is 0 Å². The van der Waals surface area contributed by atoms with Gasteiger partial charge in [-0.1, -0.05) is 45.4 Å². The SMILES string of the molecule is CC(=O)N1c2ccccc2C(C)(C)[C@H]2CC[C@@H](C)C[C@@H]21. The van der Waals surface area contributed by atoms with Crippen molar-refractivity contribution >= 4 is 11.6 Å². The van der Waals surface area contributed by atoms with E-state index in [1.165, 1.54) is 18.4 Å². The summed E-state index contributed by atoms with van der Waals surface area (Å²) in [5, 5.41) is 0. The highest BCUT2D eigenvalue weighted by Gasteiger charge is 2.48. The van der Waals surface area contributed by atoms with Gasteiger partial charge in [-0.15, -0.1) is 0 Å². The van der Waals surface area contributed by atoms with Gasteiger partial charge < -0.3 is 4.90 Å². The fourth-order valence-corrected chi connectivity index (χ4v) is 4.49. The van der Waals surface area contributed by atoms with E-state index in [0.717, 1.165) is 18.0 Å². The first-order valence-corrected chi connectivity index (χ1v) is 7.82. The summed E-state index contributed by atoms with van der Waals surface area (Å²) >= 11 is 0. The van der Waals surface area contributed by atoms with Crippen LogP contribution in [0.4, 0.5) is 5.69 Å². The molecule has 0 N–H and O–H groups in total. The van der Waals surface area contributed by atoms with Gasteiger partial charge in [0.05, 0.1) is 0 Å². The lowest BCUT2D eigenvalue weighted by atomic mass is 9.60. The number of fused-ring (bicyclic) bond motifs is 2. The van der Waals surface area contributed by atoms with E-state index < -0.39 is 0 Å². The maximum atomic E-state index is 12.3. The molecule has 0 saturated heterocycles. The second-order valence-electron chi connectivity index (χ2n) is 7.22. The third kappa shape index (κ3) is 1.88. The molecule has 0 aromatic heterocycles. The fraction of sp³-hybridized carbons (Fsp3) is 0.611. The largest absolute Gasteiger partial charge is 0.309 e. The number of rotatable bonds is 0. The topological polar surface area (TPSA) is 20.3 Å². The molecule has 1 saturated carbocycles. The van der Waals surface area contributed by atoms with E-state index in [1.807, 2.05) is 0 Å². The minimum absolute atomic E-state index is 0.160. The third-order valence-corrected chi connectivity index (χ3v) is 5.53. The van der Waals surface area contributed by atoms with Crippen LogP contribution in [-0.2, 0) is 10.2 Å². The predicted molar refractivity (Wildman–Crippen MR) is 82.9 cm³/mol. The van der Waals surface area contributed by atoms with Crippen LogP contribution in [0.1, 0.15) is 52.5 Å². The molecule has 1 fully saturated rings. The predicted octanol–water partition coefficient (Wildman–Crippen LogP) is 4.14. The average molecular weight is 271 g/mol.